The molecule has 38 heavy (non-hydrogen) atoms. The Kier molecular flexibility index (Phi) is 5.72. The van der Waals surface area contributed by atoms with Crippen LogP contribution in [0, 0.1) is 24.7 Å². The molecule has 0 spiro atoms. The van der Waals surface area contributed by atoms with Gasteiger partial charge in [-0.15, -0.1) is 0 Å². The number of phenolic OH excluding ortho intramolecular Hbond substituents is 1. The molecular weight excluding hydrogens is 546 g/mol. The number of ketones is 2. The van der Waals surface area contributed by atoms with Crippen LogP contribution >= 0.6 is 15.9 Å². The van der Waals surface area contributed by atoms with Gasteiger partial charge in [0.1, 0.15) is 5.75 Å². The summed E-state index contributed by atoms with van der Waals surface area (Å²) in [6.07, 6.45) is 5.59. The zero-order valence-electron chi connectivity index (χ0n) is 20.6. The van der Waals surface area contributed by atoms with Crippen molar-refractivity contribution in [2.24, 2.45) is 17.8 Å². The van der Waals surface area contributed by atoms with Crippen LogP contribution in [-0.2, 0) is 19.2 Å². The molecule has 1 heterocycles. The Bertz CT molecular complexity index is 1560. The molecule has 1 saturated heterocycles. The van der Waals surface area contributed by atoms with Gasteiger partial charge in [0.15, 0.2) is 11.6 Å². The number of imide groups is 1. The van der Waals surface area contributed by atoms with Crippen molar-refractivity contribution in [1.82, 2.24) is 0 Å². The molecule has 0 saturated carbocycles. The average Bonchev–Trinajstić information content (AvgIpc) is 3.17. The fourth-order valence-corrected chi connectivity index (χ4v) is 6.91. The van der Waals surface area contributed by atoms with Crippen LogP contribution in [-0.4, -0.2) is 28.5 Å². The quantitative estimate of drug-likeness (QED) is 0.307. The minimum atomic E-state index is -0.635. The number of hydrogen-bond donors (Lipinski definition) is 1. The second-order valence-electron chi connectivity index (χ2n) is 10.2. The molecule has 6 nitrogen and oxygen atoms in total. The third-order valence-corrected chi connectivity index (χ3v) is 8.86. The number of aryl methyl sites for hydroxylation is 1. The molecule has 2 aromatic carbocycles. The third-order valence-electron chi connectivity index (χ3n) is 8.27. The fraction of sp³-hybridized carbons (Fsp3) is 0.226. The number of Topliss-reactive ketones (excluding diaryl/α,β-unsaturated/α-hetero) is 1. The molecule has 1 aliphatic heterocycles. The zero-order valence-corrected chi connectivity index (χ0v) is 22.2. The highest BCUT2D eigenvalue weighted by molar-refractivity contribution is 9.12. The normalized spacial score (nSPS) is 26.5. The first-order valence-electron chi connectivity index (χ1n) is 12.5. The highest BCUT2D eigenvalue weighted by Crippen LogP contribution is 2.55. The summed E-state index contributed by atoms with van der Waals surface area (Å²) in [7, 11) is 0. The zero-order chi connectivity index (χ0) is 26.9. The van der Waals surface area contributed by atoms with Crippen molar-refractivity contribution in [3.63, 3.8) is 0 Å². The molecule has 190 valence electrons. The number of carbonyl (C=O) groups excluding carboxylic acids is 4. The fourth-order valence-electron chi connectivity index (χ4n) is 6.46. The Balaban J connectivity index is 1.47. The maximum atomic E-state index is 13.9. The molecule has 0 radical (unpaired) electrons. The standard InChI is InChI=1S/C31H24BrNO5/c1-3-16-4-7-18(8-5-16)33-30(37)20-10-9-19-21(27(20)31(33)38)13-22-28(25(35)14-23(32)29(22)36)26(19)17-6-11-24(34)15(2)12-17/h3-9,11-12,14,20-21,26-27,34H,1,10,13H2,2H3. The molecular formula is C31H24BrNO5. The minimum absolute atomic E-state index is 0.136. The van der Waals surface area contributed by atoms with Crippen LogP contribution in [0.2, 0.25) is 0 Å². The van der Waals surface area contributed by atoms with E-state index < -0.39 is 23.7 Å². The van der Waals surface area contributed by atoms with E-state index in [-0.39, 0.29) is 40.0 Å². The highest BCUT2D eigenvalue weighted by atomic mass is 79.9. The van der Waals surface area contributed by atoms with Crippen molar-refractivity contribution in [1.29, 1.82) is 0 Å². The van der Waals surface area contributed by atoms with Gasteiger partial charge in [-0.1, -0.05) is 48.6 Å². The number of benzene rings is 2. The van der Waals surface area contributed by atoms with Crippen molar-refractivity contribution < 1.29 is 24.3 Å². The second-order valence-corrected chi connectivity index (χ2v) is 11.1. The summed E-state index contributed by atoms with van der Waals surface area (Å²) < 4.78 is 0.194. The SMILES string of the molecule is C=Cc1ccc(N2C(=O)C3CC=C4C(c5ccc(O)c(C)c5)C5=C(CC4C3C2=O)C(=O)C(Br)=CC5=O)cc1. The lowest BCUT2D eigenvalue weighted by atomic mass is 9.59. The number of nitrogens with zero attached hydrogens (tertiary/aromatic N) is 1. The van der Waals surface area contributed by atoms with Gasteiger partial charge in [-0.25, -0.2) is 0 Å². The number of aromatic hydroxyl groups is 1. The van der Waals surface area contributed by atoms with Crippen LogP contribution in [0.4, 0.5) is 5.69 Å². The molecule has 0 aromatic heterocycles. The maximum Gasteiger partial charge on any atom is 0.238 e. The maximum absolute atomic E-state index is 13.9. The Morgan fingerprint density at radius 1 is 1.03 bits per heavy atom. The molecule has 1 fully saturated rings. The number of fused-ring (bicyclic) bond motifs is 3. The Morgan fingerprint density at radius 3 is 2.45 bits per heavy atom. The van der Waals surface area contributed by atoms with Gasteiger partial charge in [-0.3, -0.25) is 24.1 Å². The molecule has 2 aromatic rings. The topological polar surface area (TPSA) is 91.8 Å². The highest BCUT2D eigenvalue weighted by Gasteiger charge is 2.56. The molecule has 3 aliphatic carbocycles. The van der Waals surface area contributed by atoms with Gasteiger partial charge in [0.05, 0.1) is 22.0 Å². The van der Waals surface area contributed by atoms with E-state index in [4.69, 9.17) is 0 Å². The van der Waals surface area contributed by atoms with Crippen LogP contribution in [0.15, 0.2) is 82.4 Å². The number of carbonyl (C=O) groups is 4. The summed E-state index contributed by atoms with van der Waals surface area (Å²) in [5.41, 5.74) is 4.49. The van der Waals surface area contributed by atoms with E-state index in [9.17, 15) is 24.3 Å². The predicted octanol–water partition coefficient (Wildman–Crippen LogP) is 5.31. The van der Waals surface area contributed by atoms with Crippen LogP contribution < -0.4 is 4.90 Å². The number of phenols is 1. The molecule has 7 heteroatoms. The van der Waals surface area contributed by atoms with Crippen LogP contribution in [0.3, 0.4) is 0 Å². The molecule has 0 bridgehead atoms. The summed E-state index contributed by atoms with van der Waals surface area (Å²) in [5.74, 6) is -3.03. The smallest absolute Gasteiger partial charge is 0.238 e. The molecule has 2 amide bonds. The lowest BCUT2D eigenvalue weighted by Crippen LogP contribution is -2.39. The first kappa shape index (κ1) is 24.5. The van der Waals surface area contributed by atoms with Gasteiger partial charge >= 0.3 is 0 Å². The summed E-state index contributed by atoms with van der Waals surface area (Å²) in [4.78, 5) is 55.3. The van der Waals surface area contributed by atoms with E-state index in [0.29, 0.717) is 28.8 Å². The second kappa shape index (κ2) is 8.88. The largest absolute Gasteiger partial charge is 0.508 e. The van der Waals surface area contributed by atoms with Gasteiger partial charge < -0.3 is 5.11 Å². The Labute approximate surface area is 228 Å². The van der Waals surface area contributed by atoms with E-state index in [2.05, 4.69) is 22.5 Å². The van der Waals surface area contributed by atoms with Gasteiger partial charge in [0.25, 0.3) is 0 Å². The van der Waals surface area contributed by atoms with Gasteiger partial charge in [-0.05, 0) is 76.5 Å². The number of hydrogen-bond acceptors (Lipinski definition) is 5. The number of allylic oxidation sites excluding steroid dienone is 6. The van der Waals surface area contributed by atoms with E-state index in [1.165, 1.54) is 11.0 Å². The third kappa shape index (κ3) is 3.52. The number of halogens is 1. The van der Waals surface area contributed by atoms with Crippen LogP contribution in [0.1, 0.15) is 35.4 Å². The summed E-state index contributed by atoms with van der Waals surface area (Å²) >= 11 is 3.24. The molecule has 4 aliphatic rings. The molecule has 6 rings (SSSR count). The summed E-state index contributed by atoms with van der Waals surface area (Å²) in [5, 5.41) is 10.1. The number of anilines is 1. The molecule has 4 atom stereocenters. The summed E-state index contributed by atoms with van der Waals surface area (Å²) in [6, 6.07) is 12.3. The lowest BCUT2D eigenvalue weighted by molar-refractivity contribution is -0.123. The lowest BCUT2D eigenvalue weighted by Gasteiger charge is -2.42. The van der Waals surface area contributed by atoms with E-state index in [0.717, 1.165) is 16.7 Å². The van der Waals surface area contributed by atoms with Crippen LogP contribution in [0.5, 0.6) is 5.75 Å². The first-order chi connectivity index (χ1) is 18.2. The minimum Gasteiger partial charge on any atom is -0.508 e. The van der Waals surface area contributed by atoms with Crippen molar-refractivity contribution in [3.05, 3.63) is 99.1 Å². The van der Waals surface area contributed by atoms with Gasteiger partial charge in [-0.2, -0.15) is 0 Å². The predicted molar refractivity (Wildman–Crippen MR) is 146 cm³/mol. The Hall–Kier alpha value is -3.84. The van der Waals surface area contributed by atoms with Crippen molar-refractivity contribution in [3.8, 4) is 5.75 Å². The Morgan fingerprint density at radius 2 is 1.76 bits per heavy atom. The van der Waals surface area contributed by atoms with Crippen LogP contribution in [0.25, 0.3) is 6.08 Å². The van der Waals surface area contributed by atoms with Gasteiger partial charge in [0.2, 0.25) is 11.8 Å². The van der Waals surface area contributed by atoms with E-state index in [1.54, 1.807) is 37.3 Å². The van der Waals surface area contributed by atoms with E-state index in [1.807, 2.05) is 24.3 Å². The van der Waals surface area contributed by atoms with Crippen molar-refractivity contribution in [2.45, 2.75) is 25.7 Å². The number of rotatable bonds is 3. The summed E-state index contributed by atoms with van der Waals surface area (Å²) in [6.45, 7) is 5.53. The first-order valence-corrected chi connectivity index (χ1v) is 13.3. The van der Waals surface area contributed by atoms with E-state index >= 15 is 0 Å². The molecule has 4 unspecified atom stereocenters. The van der Waals surface area contributed by atoms with Crippen molar-refractivity contribution in [2.75, 3.05) is 4.90 Å². The monoisotopic (exact) mass is 569 g/mol. The average molecular weight is 570 g/mol. The number of amides is 2. The van der Waals surface area contributed by atoms with Gasteiger partial charge in [0, 0.05) is 23.1 Å². The van der Waals surface area contributed by atoms with Crippen molar-refractivity contribution >= 4 is 51.1 Å². The molecule has 1 N–H and O–H groups in total.